The zero-order chi connectivity index (χ0) is 27.0. The molecule has 2 aromatic rings. The van der Waals surface area contributed by atoms with Crippen LogP contribution in [0.25, 0.3) is 0 Å². The maximum atomic E-state index is 9.99. The standard InChI is InChI=1S/C32H47NO3Si/c1-20(2)28-26-27(32(16-10-11-17-32)35-29(26)21-12-14-22(34)15-13-21)25-23(33-28)18-31(6,7)19-24(25)36-37(8,9)30(3,4)5/h12-15,20,24,29,34H,10-11,16-19H2,1-9H3/t24?,29-/m1/s1. The Morgan fingerprint density at radius 1 is 1.05 bits per heavy atom. The average Bonchev–Trinajstić information content (AvgIpc) is 3.37. The Hall–Kier alpha value is -1.69. The van der Waals surface area contributed by atoms with Gasteiger partial charge in [0.15, 0.2) is 8.32 Å². The number of pyridine rings is 1. The van der Waals surface area contributed by atoms with Crippen molar-refractivity contribution in [1.29, 1.82) is 0 Å². The molecule has 37 heavy (non-hydrogen) atoms. The normalized spacial score (nSPS) is 24.5. The molecule has 202 valence electrons. The van der Waals surface area contributed by atoms with Gasteiger partial charge in [-0.25, -0.2) is 0 Å². The van der Waals surface area contributed by atoms with Crippen LogP contribution in [0.2, 0.25) is 18.1 Å². The Balaban J connectivity index is 1.78. The monoisotopic (exact) mass is 521 g/mol. The van der Waals surface area contributed by atoms with E-state index in [1.54, 1.807) is 12.1 Å². The van der Waals surface area contributed by atoms with Crippen molar-refractivity contribution in [2.24, 2.45) is 5.41 Å². The minimum Gasteiger partial charge on any atom is -0.508 e. The molecule has 0 saturated heterocycles. The lowest BCUT2D eigenvalue weighted by atomic mass is 9.70. The smallest absolute Gasteiger partial charge is 0.192 e. The highest BCUT2D eigenvalue weighted by molar-refractivity contribution is 6.74. The lowest BCUT2D eigenvalue weighted by Gasteiger charge is -2.45. The van der Waals surface area contributed by atoms with Crippen LogP contribution in [0.4, 0.5) is 0 Å². The van der Waals surface area contributed by atoms with Gasteiger partial charge in [-0.05, 0) is 78.4 Å². The number of rotatable bonds is 4. The molecule has 0 bridgehead atoms. The number of phenols is 1. The number of phenolic OH excluding ortho intramolecular Hbond substituents is 1. The molecule has 1 N–H and O–H groups in total. The molecule has 2 atom stereocenters. The molecular formula is C32H47NO3Si. The first-order chi connectivity index (χ1) is 17.1. The van der Waals surface area contributed by atoms with E-state index in [1.807, 2.05) is 12.1 Å². The van der Waals surface area contributed by atoms with Gasteiger partial charge in [0.1, 0.15) is 11.9 Å². The molecule has 0 radical (unpaired) electrons. The largest absolute Gasteiger partial charge is 0.508 e. The third kappa shape index (κ3) is 4.59. The van der Waals surface area contributed by atoms with Crippen LogP contribution in [0.15, 0.2) is 24.3 Å². The molecule has 4 nitrogen and oxygen atoms in total. The summed E-state index contributed by atoms with van der Waals surface area (Å²) in [7, 11) is -2.03. The Labute approximate surface area is 225 Å². The van der Waals surface area contributed by atoms with E-state index in [-0.39, 0.29) is 34.0 Å². The molecule has 2 aliphatic carbocycles. The number of fused-ring (bicyclic) bond motifs is 4. The lowest BCUT2D eigenvalue weighted by molar-refractivity contribution is -0.0579. The van der Waals surface area contributed by atoms with E-state index in [0.29, 0.717) is 5.92 Å². The number of aromatic hydroxyl groups is 1. The van der Waals surface area contributed by atoms with Crippen molar-refractivity contribution in [3.8, 4) is 5.75 Å². The summed E-state index contributed by atoms with van der Waals surface area (Å²) in [6, 6.07) is 7.61. The predicted octanol–water partition coefficient (Wildman–Crippen LogP) is 8.83. The Bertz CT molecular complexity index is 1170. The summed E-state index contributed by atoms with van der Waals surface area (Å²) in [6.07, 6.45) is 6.37. The van der Waals surface area contributed by atoms with Gasteiger partial charge in [-0.15, -0.1) is 0 Å². The van der Waals surface area contributed by atoms with Gasteiger partial charge in [-0.1, -0.05) is 73.4 Å². The summed E-state index contributed by atoms with van der Waals surface area (Å²) in [5.41, 5.74) is 7.43. The van der Waals surface area contributed by atoms with Crippen LogP contribution < -0.4 is 0 Å². The first-order valence-corrected chi connectivity index (χ1v) is 17.3. The fourth-order valence-corrected chi connectivity index (χ4v) is 7.93. The second-order valence-electron chi connectivity index (χ2n) is 14.5. The first-order valence-electron chi connectivity index (χ1n) is 14.4. The average molecular weight is 522 g/mol. The van der Waals surface area contributed by atoms with Crippen LogP contribution in [-0.4, -0.2) is 18.4 Å². The number of benzene rings is 1. The summed E-state index contributed by atoms with van der Waals surface area (Å²) in [4.78, 5) is 5.48. The second kappa shape index (κ2) is 8.92. The van der Waals surface area contributed by atoms with Crippen LogP contribution in [0.1, 0.15) is 132 Å². The van der Waals surface area contributed by atoms with Gasteiger partial charge in [0.2, 0.25) is 0 Å². The summed E-state index contributed by atoms with van der Waals surface area (Å²) >= 11 is 0. The topological polar surface area (TPSA) is 51.6 Å². The van der Waals surface area contributed by atoms with E-state index in [9.17, 15) is 5.11 Å². The van der Waals surface area contributed by atoms with Crippen LogP contribution >= 0.6 is 0 Å². The van der Waals surface area contributed by atoms with Crippen molar-refractivity contribution in [2.75, 3.05) is 0 Å². The molecule has 1 aliphatic heterocycles. The molecule has 5 rings (SSSR count). The summed E-state index contributed by atoms with van der Waals surface area (Å²) in [5, 5.41) is 10.1. The van der Waals surface area contributed by atoms with E-state index in [2.05, 4.69) is 61.6 Å². The van der Waals surface area contributed by atoms with E-state index in [0.717, 1.165) is 31.2 Å². The van der Waals surface area contributed by atoms with E-state index >= 15 is 0 Å². The fraction of sp³-hybridized carbons (Fsp3) is 0.656. The number of hydrogen-bond donors (Lipinski definition) is 1. The van der Waals surface area contributed by atoms with Crippen LogP contribution in [0.5, 0.6) is 5.75 Å². The van der Waals surface area contributed by atoms with E-state index < -0.39 is 8.32 Å². The molecule has 1 saturated carbocycles. The Kier molecular flexibility index (Phi) is 6.49. The highest BCUT2D eigenvalue weighted by Crippen LogP contribution is 2.60. The molecule has 2 heterocycles. The van der Waals surface area contributed by atoms with Crippen molar-refractivity contribution < 1.29 is 14.3 Å². The predicted molar refractivity (Wildman–Crippen MR) is 153 cm³/mol. The highest BCUT2D eigenvalue weighted by atomic mass is 28.4. The molecular weight excluding hydrogens is 474 g/mol. The lowest BCUT2D eigenvalue weighted by Crippen LogP contribution is -2.44. The van der Waals surface area contributed by atoms with Gasteiger partial charge in [-0.3, -0.25) is 4.98 Å². The third-order valence-corrected chi connectivity index (χ3v) is 14.0. The number of aromatic nitrogens is 1. The number of hydrogen-bond acceptors (Lipinski definition) is 4. The van der Waals surface area contributed by atoms with Gasteiger partial charge in [0.25, 0.3) is 0 Å². The van der Waals surface area contributed by atoms with Gasteiger partial charge < -0.3 is 14.3 Å². The Morgan fingerprint density at radius 2 is 1.68 bits per heavy atom. The molecule has 1 fully saturated rings. The van der Waals surface area contributed by atoms with Gasteiger partial charge in [0, 0.05) is 22.5 Å². The van der Waals surface area contributed by atoms with Crippen LogP contribution in [-0.2, 0) is 21.2 Å². The third-order valence-electron chi connectivity index (χ3n) is 9.55. The molecule has 1 aromatic carbocycles. The van der Waals surface area contributed by atoms with Crippen molar-refractivity contribution in [1.82, 2.24) is 4.98 Å². The summed E-state index contributed by atoms with van der Waals surface area (Å²) in [6.45, 7) is 21.0. The molecule has 0 amide bonds. The van der Waals surface area contributed by atoms with E-state index in [1.165, 1.54) is 40.9 Å². The number of ether oxygens (including phenoxy) is 1. The fourth-order valence-electron chi connectivity index (χ4n) is 6.66. The van der Waals surface area contributed by atoms with E-state index in [4.69, 9.17) is 14.1 Å². The van der Waals surface area contributed by atoms with Crippen molar-refractivity contribution >= 4 is 8.32 Å². The molecule has 1 aromatic heterocycles. The summed E-state index contributed by atoms with van der Waals surface area (Å²) in [5.74, 6) is 0.582. The van der Waals surface area contributed by atoms with Crippen molar-refractivity contribution in [3.63, 3.8) is 0 Å². The maximum absolute atomic E-state index is 9.99. The van der Waals surface area contributed by atoms with Gasteiger partial charge in [-0.2, -0.15) is 0 Å². The quantitative estimate of drug-likeness (QED) is 0.408. The number of nitrogens with zero attached hydrogens (tertiary/aromatic N) is 1. The molecule has 1 unspecified atom stereocenters. The van der Waals surface area contributed by atoms with Crippen LogP contribution in [0, 0.1) is 5.41 Å². The SMILES string of the molecule is CC(C)c1nc2c(c3c1[C@@H](c1ccc(O)cc1)OC31CCCC1)C(O[Si](C)(C)C(C)(C)C)CC(C)(C)C2. The zero-order valence-corrected chi connectivity index (χ0v) is 25.5. The minimum absolute atomic E-state index is 0.0433. The zero-order valence-electron chi connectivity index (χ0n) is 24.5. The summed E-state index contributed by atoms with van der Waals surface area (Å²) < 4.78 is 14.5. The first kappa shape index (κ1) is 26.9. The minimum atomic E-state index is -2.03. The molecule has 3 aliphatic rings. The van der Waals surface area contributed by atoms with Gasteiger partial charge in [0.05, 0.1) is 11.7 Å². The van der Waals surface area contributed by atoms with Crippen molar-refractivity contribution in [2.45, 2.75) is 129 Å². The highest BCUT2D eigenvalue weighted by Gasteiger charge is 2.54. The second-order valence-corrected chi connectivity index (χ2v) is 19.3. The van der Waals surface area contributed by atoms with Gasteiger partial charge >= 0.3 is 0 Å². The van der Waals surface area contributed by atoms with Crippen molar-refractivity contribution in [3.05, 3.63) is 57.9 Å². The Morgan fingerprint density at radius 3 is 2.24 bits per heavy atom. The molecule has 1 spiro atoms. The molecule has 5 heteroatoms. The maximum Gasteiger partial charge on any atom is 0.192 e. The van der Waals surface area contributed by atoms with Crippen LogP contribution in [0.3, 0.4) is 0 Å².